The Morgan fingerprint density at radius 1 is 0.930 bits per heavy atom. The molecular weight excluding hydrogens is 552 g/mol. The fraction of sp³-hybridized carbons (Fsp3) is 0.647. The van der Waals surface area contributed by atoms with E-state index in [2.05, 4.69) is 6.92 Å². The number of benzene rings is 1. The monoisotopic (exact) mass is 598 g/mol. The van der Waals surface area contributed by atoms with Gasteiger partial charge in [-0.15, -0.1) is 0 Å². The molecule has 0 radical (unpaired) electrons. The maximum absolute atomic E-state index is 13.5. The second-order valence-corrected chi connectivity index (χ2v) is 13.0. The van der Waals surface area contributed by atoms with Gasteiger partial charge >= 0.3 is 23.9 Å². The van der Waals surface area contributed by atoms with Crippen LogP contribution in [0.2, 0.25) is 0 Å². The molecule has 3 fully saturated rings. The van der Waals surface area contributed by atoms with Crippen LogP contribution in [0.5, 0.6) is 0 Å². The van der Waals surface area contributed by atoms with Gasteiger partial charge in [-0.25, -0.2) is 4.79 Å². The van der Waals surface area contributed by atoms with Gasteiger partial charge in [-0.3, -0.25) is 14.4 Å². The summed E-state index contributed by atoms with van der Waals surface area (Å²) in [5, 5.41) is 0. The van der Waals surface area contributed by atoms with Gasteiger partial charge in [0.25, 0.3) is 0 Å². The van der Waals surface area contributed by atoms with E-state index in [1.165, 1.54) is 19.9 Å². The molecule has 8 atom stereocenters. The highest BCUT2D eigenvalue weighted by molar-refractivity contribution is 5.87. The number of carbonyl (C=O) groups excluding carboxylic acids is 4. The first-order valence-electron chi connectivity index (χ1n) is 15.4. The van der Waals surface area contributed by atoms with Gasteiger partial charge in [0.15, 0.2) is 12.2 Å². The number of hydrogen-bond acceptors (Lipinski definition) is 9. The second kappa shape index (κ2) is 12.8. The Labute approximate surface area is 254 Å². The summed E-state index contributed by atoms with van der Waals surface area (Å²) in [4.78, 5) is 51.6. The molecule has 9 heteroatoms. The minimum absolute atomic E-state index is 0.179. The molecule has 9 nitrogen and oxygen atoms in total. The molecule has 1 aromatic rings. The van der Waals surface area contributed by atoms with Crippen LogP contribution in [0.15, 0.2) is 36.4 Å². The molecule has 4 rings (SSSR count). The molecule has 43 heavy (non-hydrogen) atoms. The van der Waals surface area contributed by atoms with E-state index in [0.717, 1.165) is 18.4 Å². The zero-order valence-corrected chi connectivity index (χ0v) is 26.4. The van der Waals surface area contributed by atoms with Gasteiger partial charge in [0.2, 0.25) is 0 Å². The van der Waals surface area contributed by atoms with Gasteiger partial charge in [0, 0.05) is 32.3 Å². The Kier molecular flexibility index (Phi) is 9.74. The average molecular weight is 599 g/mol. The normalized spacial score (nSPS) is 34.2. The average Bonchev–Trinajstić information content (AvgIpc) is 3.20. The molecule has 1 aromatic carbocycles. The quantitative estimate of drug-likeness (QED) is 0.147. The second-order valence-electron chi connectivity index (χ2n) is 13.0. The smallest absolute Gasteiger partial charge is 0.331 e. The van der Waals surface area contributed by atoms with Crippen molar-refractivity contribution in [2.75, 3.05) is 0 Å². The van der Waals surface area contributed by atoms with Crippen LogP contribution in [0.1, 0.15) is 92.6 Å². The highest BCUT2D eigenvalue weighted by Crippen LogP contribution is 2.67. The molecular formula is C34H46O9. The Morgan fingerprint density at radius 3 is 2.23 bits per heavy atom. The van der Waals surface area contributed by atoms with Crippen molar-refractivity contribution in [3.8, 4) is 0 Å². The number of ether oxygens (including phenoxy) is 5. The molecule has 2 saturated carbocycles. The highest BCUT2D eigenvalue weighted by Gasteiger charge is 2.78. The number of hydrogen-bond donors (Lipinski definition) is 0. The van der Waals surface area contributed by atoms with Crippen molar-refractivity contribution in [1.82, 2.24) is 0 Å². The van der Waals surface area contributed by atoms with Gasteiger partial charge in [0.1, 0.15) is 12.2 Å². The van der Waals surface area contributed by atoms with Crippen molar-refractivity contribution in [1.29, 1.82) is 0 Å². The Balaban J connectivity index is 1.80. The maximum Gasteiger partial charge on any atom is 0.331 e. The molecule has 2 aliphatic carbocycles. The molecule has 2 bridgehead atoms. The van der Waals surface area contributed by atoms with Crippen LogP contribution in [0.4, 0.5) is 0 Å². The topological polar surface area (TPSA) is 114 Å². The summed E-state index contributed by atoms with van der Waals surface area (Å²) in [7, 11) is 0. The lowest BCUT2D eigenvalue weighted by molar-refractivity contribution is -0.294. The molecule has 0 unspecified atom stereocenters. The van der Waals surface area contributed by atoms with Crippen LogP contribution in [-0.4, -0.2) is 59.5 Å². The van der Waals surface area contributed by atoms with Crippen LogP contribution in [0, 0.1) is 17.3 Å². The molecule has 0 aromatic heterocycles. The third-order valence-electron chi connectivity index (χ3n) is 9.69. The van der Waals surface area contributed by atoms with Crippen molar-refractivity contribution in [2.45, 2.75) is 123 Å². The van der Waals surface area contributed by atoms with Gasteiger partial charge in [-0.05, 0) is 57.6 Å². The van der Waals surface area contributed by atoms with E-state index in [-0.39, 0.29) is 24.2 Å². The Hall–Kier alpha value is -3.20. The molecule has 0 amide bonds. The predicted molar refractivity (Wildman–Crippen MR) is 158 cm³/mol. The zero-order valence-electron chi connectivity index (χ0n) is 26.4. The molecule has 1 heterocycles. The van der Waals surface area contributed by atoms with Gasteiger partial charge < -0.3 is 23.7 Å². The summed E-state index contributed by atoms with van der Waals surface area (Å²) < 4.78 is 31.2. The number of fused-ring (bicyclic) bond motifs is 1. The number of rotatable bonds is 10. The van der Waals surface area contributed by atoms with Crippen LogP contribution in [-0.2, 0) is 42.9 Å². The molecule has 0 N–H and O–H groups in total. The maximum atomic E-state index is 13.5. The lowest BCUT2D eigenvalue weighted by Gasteiger charge is -2.62. The van der Waals surface area contributed by atoms with E-state index in [1.807, 2.05) is 58.0 Å². The van der Waals surface area contributed by atoms with Crippen LogP contribution in [0.25, 0.3) is 6.08 Å². The SMILES string of the molecule is CCCCCC(=O)O[C@H]1C[C@@H](C)[C@@]23C[C@@H]([C@@H](OC(C)=O)[C@@H](OC(=O)/C=C/c4ccccc4)[C@]2(C)[C@H]1OC(C)=O)C(C)(C)O3. The van der Waals surface area contributed by atoms with Crippen molar-refractivity contribution in [3.05, 3.63) is 42.0 Å². The number of unbranched alkanes of at least 4 members (excludes halogenated alkanes) is 2. The first-order chi connectivity index (χ1) is 20.2. The first kappa shape index (κ1) is 32.7. The lowest BCUT2D eigenvalue weighted by atomic mass is 9.49. The molecule has 236 valence electrons. The standard InChI is InChI=1S/C34H46O9/c1-8-9-11-16-27(37)41-26-19-21(2)34-20-25(32(5,6)43-34)29(39-22(3)35)31(33(34,7)30(26)40-23(4)36)42-28(38)18-17-24-14-12-10-13-15-24/h10,12-15,17-18,21,25-26,29-31H,8-9,11,16,19-20H2,1-7H3/b18-17+/t21-,25+,26+,29-,30+,31-,33+,34+/m1/s1. The van der Waals surface area contributed by atoms with Gasteiger partial charge in [-0.1, -0.05) is 57.0 Å². The molecule has 1 saturated heterocycles. The van der Waals surface area contributed by atoms with Crippen LogP contribution in [0.3, 0.4) is 0 Å². The first-order valence-corrected chi connectivity index (χ1v) is 15.4. The summed E-state index contributed by atoms with van der Waals surface area (Å²) in [5.41, 5.74) is -2.13. The minimum atomic E-state index is -1.24. The Bertz CT molecular complexity index is 1220. The summed E-state index contributed by atoms with van der Waals surface area (Å²) in [6.45, 7) is 12.4. The van der Waals surface area contributed by atoms with Crippen molar-refractivity contribution in [3.63, 3.8) is 0 Å². The lowest BCUT2D eigenvalue weighted by Crippen LogP contribution is -2.74. The number of esters is 4. The third-order valence-corrected chi connectivity index (χ3v) is 9.69. The Morgan fingerprint density at radius 2 is 1.60 bits per heavy atom. The number of carbonyl (C=O) groups is 4. The van der Waals surface area contributed by atoms with Crippen molar-refractivity contribution < 1.29 is 42.9 Å². The van der Waals surface area contributed by atoms with Gasteiger partial charge in [0.05, 0.1) is 16.6 Å². The summed E-state index contributed by atoms with van der Waals surface area (Å²) in [6, 6.07) is 9.32. The third kappa shape index (κ3) is 6.37. The van der Waals surface area contributed by atoms with E-state index in [4.69, 9.17) is 23.7 Å². The largest absolute Gasteiger partial charge is 0.458 e. The minimum Gasteiger partial charge on any atom is -0.458 e. The summed E-state index contributed by atoms with van der Waals surface area (Å²) >= 11 is 0. The van der Waals surface area contributed by atoms with Crippen LogP contribution < -0.4 is 0 Å². The van der Waals surface area contributed by atoms with Crippen LogP contribution >= 0.6 is 0 Å². The van der Waals surface area contributed by atoms with E-state index >= 15 is 0 Å². The highest BCUT2D eigenvalue weighted by atomic mass is 16.6. The van der Waals surface area contributed by atoms with Crippen molar-refractivity contribution >= 4 is 30.0 Å². The van der Waals surface area contributed by atoms with E-state index < -0.39 is 58.9 Å². The predicted octanol–water partition coefficient (Wildman–Crippen LogP) is 5.58. The summed E-state index contributed by atoms with van der Waals surface area (Å²) in [6.07, 6.45) is 2.84. The van der Waals surface area contributed by atoms with E-state index in [9.17, 15) is 19.2 Å². The zero-order chi connectivity index (χ0) is 31.6. The fourth-order valence-corrected chi connectivity index (χ4v) is 7.73. The summed E-state index contributed by atoms with van der Waals surface area (Å²) in [5.74, 6) is -2.61. The molecule has 3 aliphatic rings. The van der Waals surface area contributed by atoms with Gasteiger partial charge in [-0.2, -0.15) is 0 Å². The molecule has 1 spiro atoms. The van der Waals surface area contributed by atoms with E-state index in [0.29, 0.717) is 19.3 Å². The van der Waals surface area contributed by atoms with E-state index in [1.54, 1.807) is 6.08 Å². The van der Waals surface area contributed by atoms with Crippen molar-refractivity contribution in [2.24, 2.45) is 17.3 Å². The molecule has 1 aliphatic heterocycles. The fourth-order valence-electron chi connectivity index (χ4n) is 7.73.